The van der Waals surface area contributed by atoms with Crippen molar-refractivity contribution in [2.75, 3.05) is 12.3 Å². The molecule has 0 aliphatic rings. The molecule has 0 bridgehead atoms. The molecule has 3 nitrogen and oxygen atoms in total. The van der Waals surface area contributed by atoms with Crippen molar-refractivity contribution >= 4 is 33.6 Å². The van der Waals surface area contributed by atoms with Crippen LogP contribution in [0.25, 0.3) is 0 Å². The SMILES string of the molecule is CC(Oc1ccc(Br)cc1)C(=O)NCCSC(C)(C)C. The second-order valence-corrected chi connectivity index (χ2v) is 8.30. The Bertz CT molecular complexity index is 428. The minimum atomic E-state index is -0.490. The highest BCUT2D eigenvalue weighted by Crippen LogP contribution is 2.22. The molecule has 1 N–H and O–H groups in total. The first kappa shape index (κ1) is 17.4. The summed E-state index contributed by atoms with van der Waals surface area (Å²) in [5.74, 6) is 1.52. The molecular weight excluding hydrogens is 338 g/mol. The summed E-state index contributed by atoms with van der Waals surface area (Å²) in [4.78, 5) is 11.9. The Morgan fingerprint density at radius 2 is 1.95 bits per heavy atom. The Morgan fingerprint density at radius 1 is 1.35 bits per heavy atom. The molecule has 1 unspecified atom stereocenters. The number of nitrogens with one attached hydrogen (secondary N) is 1. The van der Waals surface area contributed by atoms with Gasteiger partial charge in [-0.15, -0.1) is 0 Å². The molecule has 1 rings (SSSR count). The summed E-state index contributed by atoms with van der Waals surface area (Å²) in [6, 6.07) is 7.45. The summed E-state index contributed by atoms with van der Waals surface area (Å²) >= 11 is 5.19. The van der Waals surface area contributed by atoms with Crippen LogP contribution in [-0.2, 0) is 4.79 Å². The molecule has 5 heteroatoms. The highest BCUT2D eigenvalue weighted by molar-refractivity contribution is 9.10. The molecule has 1 amide bonds. The number of carbonyl (C=O) groups excluding carboxylic acids is 1. The number of hydrogen-bond acceptors (Lipinski definition) is 3. The van der Waals surface area contributed by atoms with Gasteiger partial charge in [0.1, 0.15) is 5.75 Å². The van der Waals surface area contributed by atoms with E-state index in [-0.39, 0.29) is 10.7 Å². The molecule has 0 aliphatic heterocycles. The lowest BCUT2D eigenvalue weighted by Crippen LogP contribution is -2.37. The summed E-state index contributed by atoms with van der Waals surface area (Å²) in [6.07, 6.45) is -0.490. The van der Waals surface area contributed by atoms with Gasteiger partial charge in [-0.2, -0.15) is 11.8 Å². The fourth-order valence-corrected chi connectivity index (χ4v) is 2.53. The summed E-state index contributed by atoms with van der Waals surface area (Å²) < 4.78 is 6.80. The van der Waals surface area contributed by atoms with Crippen LogP contribution < -0.4 is 10.1 Å². The number of halogens is 1. The third-order valence-electron chi connectivity index (χ3n) is 2.43. The van der Waals surface area contributed by atoms with Crippen molar-refractivity contribution in [2.45, 2.75) is 38.5 Å². The fourth-order valence-electron chi connectivity index (χ4n) is 1.45. The molecule has 112 valence electrons. The van der Waals surface area contributed by atoms with E-state index in [1.807, 2.05) is 36.0 Å². The van der Waals surface area contributed by atoms with Crippen molar-refractivity contribution in [3.05, 3.63) is 28.7 Å². The highest BCUT2D eigenvalue weighted by atomic mass is 79.9. The van der Waals surface area contributed by atoms with E-state index in [0.717, 1.165) is 10.2 Å². The third-order valence-corrected chi connectivity index (χ3v) is 4.24. The molecule has 0 saturated carbocycles. The maximum Gasteiger partial charge on any atom is 0.260 e. The van der Waals surface area contributed by atoms with E-state index in [1.165, 1.54) is 0 Å². The average Bonchev–Trinajstić information content (AvgIpc) is 2.36. The van der Waals surface area contributed by atoms with Gasteiger partial charge in [-0.3, -0.25) is 4.79 Å². The summed E-state index contributed by atoms with van der Waals surface area (Å²) in [5, 5.41) is 2.89. The predicted molar refractivity (Wildman–Crippen MR) is 89.5 cm³/mol. The number of benzene rings is 1. The topological polar surface area (TPSA) is 38.3 Å². The van der Waals surface area contributed by atoms with Gasteiger partial charge in [-0.25, -0.2) is 0 Å². The van der Waals surface area contributed by atoms with Crippen LogP contribution in [0.4, 0.5) is 0 Å². The first-order valence-corrected chi connectivity index (χ1v) is 8.40. The molecular formula is C15H22BrNO2S. The zero-order valence-corrected chi connectivity index (χ0v) is 14.8. The summed E-state index contributed by atoms with van der Waals surface area (Å²) in [5.41, 5.74) is 0. The number of ether oxygens (including phenoxy) is 1. The first-order valence-electron chi connectivity index (χ1n) is 6.62. The van der Waals surface area contributed by atoms with Crippen molar-refractivity contribution < 1.29 is 9.53 Å². The van der Waals surface area contributed by atoms with Gasteiger partial charge in [-0.05, 0) is 31.2 Å². The van der Waals surface area contributed by atoms with E-state index in [2.05, 4.69) is 42.0 Å². The molecule has 1 aromatic carbocycles. The van der Waals surface area contributed by atoms with Gasteiger partial charge in [0, 0.05) is 21.5 Å². The molecule has 0 spiro atoms. The van der Waals surface area contributed by atoms with Crippen molar-refractivity contribution in [3.63, 3.8) is 0 Å². The maximum atomic E-state index is 11.9. The zero-order chi connectivity index (χ0) is 15.2. The van der Waals surface area contributed by atoms with Gasteiger partial charge in [-0.1, -0.05) is 36.7 Å². The predicted octanol–water partition coefficient (Wildman–Crippen LogP) is 3.86. The lowest BCUT2D eigenvalue weighted by atomic mass is 10.3. The van der Waals surface area contributed by atoms with Crippen LogP contribution in [0.2, 0.25) is 0 Å². The van der Waals surface area contributed by atoms with Gasteiger partial charge in [0.05, 0.1) is 0 Å². The van der Waals surface area contributed by atoms with Crippen LogP contribution in [0.15, 0.2) is 28.7 Å². The highest BCUT2D eigenvalue weighted by Gasteiger charge is 2.15. The van der Waals surface area contributed by atoms with Gasteiger partial charge in [0.25, 0.3) is 5.91 Å². The van der Waals surface area contributed by atoms with Crippen molar-refractivity contribution in [3.8, 4) is 5.75 Å². The van der Waals surface area contributed by atoms with Gasteiger partial charge in [0.2, 0.25) is 0 Å². The number of rotatable bonds is 6. The molecule has 0 heterocycles. The number of thioether (sulfide) groups is 1. The Balaban J connectivity index is 2.30. The van der Waals surface area contributed by atoms with E-state index in [9.17, 15) is 4.79 Å². The van der Waals surface area contributed by atoms with Gasteiger partial charge < -0.3 is 10.1 Å². The smallest absolute Gasteiger partial charge is 0.260 e. The lowest BCUT2D eigenvalue weighted by molar-refractivity contribution is -0.127. The lowest BCUT2D eigenvalue weighted by Gasteiger charge is -2.18. The molecule has 0 fully saturated rings. The minimum absolute atomic E-state index is 0.0811. The monoisotopic (exact) mass is 359 g/mol. The van der Waals surface area contributed by atoms with E-state index in [1.54, 1.807) is 6.92 Å². The first-order chi connectivity index (χ1) is 9.28. The third kappa shape index (κ3) is 7.20. The Hall–Kier alpha value is -0.680. The average molecular weight is 360 g/mol. The standard InChI is InChI=1S/C15H22BrNO2S/c1-11(19-13-7-5-12(16)6-8-13)14(18)17-9-10-20-15(2,3)4/h5-8,11H,9-10H2,1-4H3,(H,17,18). The van der Waals surface area contributed by atoms with Crippen molar-refractivity contribution in [2.24, 2.45) is 0 Å². The maximum absolute atomic E-state index is 11.9. The second-order valence-electron chi connectivity index (χ2n) is 5.47. The quantitative estimate of drug-likeness (QED) is 0.783. The minimum Gasteiger partial charge on any atom is -0.481 e. The van der Waals surface area contributed by atoms with E-state index in [0.29, 0.717) is 12.3 Å². The zero-order valence-electron chi connectivity index (χ0n) is 12.4. The largest absolute Gasteiger partial charge is 0.481 e. The van der Waals surface area contributed by atoms with Crippen LogP contribution in [0, 0.1) is 0 Å². The van der Waals surface area contributed by atoms with E-state index in [4.69, 9.17) is 4.74 Å². The number of hydrogen-bond donors (Lipinski definition) is 1. The molecule has 20 heavy (non-hydrogen) atoms. The fraction of sp³-hybridized carbons (Fsp3) is 0.533. The van der Waals surface area contributed by atoms with Crippen LogP contribution in [0.3, 0.4) is 0 Å². The van der Waals surface area contributed by atoms with E-state index >= 15 is 0 Å². The van der Waals surface area contributed by atoms with Crippen molar-refractivity contribution in [1.82, 2.24) is 5.32 Å². The number of carbonyl (C=O) groups is 1. The summed E-state index contributed by atoms with van der Waals surface area (Å²) in [6.45, 7) is 8.92. The second kappa shape index (κ2) is 7.93. The Morgan fingerprint density at radius 3 is 2.50 bits per heavy atom. The number of amides is 1. The van der Waals surface area contributed by atoms with Crippen LogP contribution in [0.1, 0.15) is 27.7 Å². The molecule has 0 saturated heterocycles. The molecule has 0 aliphatic carbocycles. The molecule has 1 atom stereocenters. The Labute approximate surface area is 134 Å². The summed E-state index contributed by atoms with van der Waals surface area (Å²) in [7, 11) is 0. The van der Waals surface area contributed by atoms with Crippen LogP contribution in [0.5, 0.6) is 5.75 Å². The van der Waals surface area contributed by atoms with Gasteiger partial charge in [0.15, 0.2) is 6.10 Å². The van der Waals surface area contributed by atoms with Crippen molar-refractivity contribution in [1.29, 1.82) is 0 Å². The van der Waals surface area contributed by atoms with Gasteiger partial charge >= 0.3 is 0 Å². The molecule has 0 aromatic heterocycles. The van der Waals surface area contributed by atoms with Crippen LogP contribution >= 0.6 is 27.7 Å². The molecule has 0 radical (unpaired) electrons. The normalized spacial score (nSPS) is 12.8. The van der Waals surface area contributed by atoms with E-state index < -0.39 is 6.10 Å². The van der Waals surface area contributed by atoms with Crippen LogP contribution in [-0.4, -0.2) is 29.1 Å². The Kier molecular flexibility index (Phi) is 6.89. The molecule has 1 aromatic rings.